The maximum atomic E-state index is 10.9. The minimum absolute atomic E-state index is 0.0912. The Morgan fingerprint density at radius 1 is 1.07 bits per heavy atom. The molecule has 86 valence electrons. The van der Waals surface area contributed by atoms with Crippen molar-refractivity contribution >= 4 is 11.7 Å². The molecule has 15 heavy (non-hydrogen) atoms. The van der Waals surface area contributed by atoms with Crippen LogP contribution in [0.1, 0.15) is 27.7 Å². The van der Waals surface area contributed by atoms with Crippen molar-refractivity contribution in [1.29, 1.82) is 0 Å². The first-order chi connectivity index (χ1) is 6.63. The number of amides is 1. The minimum Gasteiger partial charge on any atom is -0.409 e. The van der Waals surface area contributed by atoms with Crippen LogP contribution in [0.25, 0.3) is 0 Å². The molecule has 0 aromatic carbocycles. The van der Waals surface area contributed by atoms with E-state index in [-0.39, 0.29) is 5.84 Å². The Morgan fingerprint density at radius 3 is 1.80 bits per heavy atom. The third-order valence-electron chi connectivity index (χ3n) is 1.89. The lowest BCUT2D eigenvalue weighted by Gasteiger charge is -2.19. The fourth-order valence-electron chi connectivity index (χ4n) is 0.473. The number of hydrogen-bond acceptors (Lipinski definition) is 5. The van der Waals surface area contributed by atoms with Gasteiger partial charge in [0.25, 0.3) is 0 Å². The topological polar surface area (TPSA) is 126 Å². The summed E-state index contributed by atoms with van der Waals surface area (Å²) in [5, 5.41) is 18.9. The summed E-state index contributed by atoms with van der Waals surface area (Å²) in [5.41, 5.74) is 8.42. The Hall–Kier alpha value is -1.66. The Morgan fingerprint density at radius 2 is 1.47 bits per heavy atom. The van der Waals surface area contributed by atoms with Crippen LogP contribution in [-0.4, -0.2) is 28.0 Å². The van der Waals surface area contributed by atoms with E-state index in [1.165, 1.54) is 13.8 Å². The van der Waals surface area contributed by atoms with Crippen LogP contribution in [0.4, 0.5) is 0 Å². The van der Waals surface area contributed by atoms with Gasteiger partial charge in [-0.15, -0.1) is 0 Å². The maximum absolute atomic E-state index is 10.9. The predicted octanol–water partition coefficient (Wildman–Crippen LogP) is 0.227. The van der Waals surface area contributed by atoms with E-state index in [0.717, 1.165) is 0 Å². The molecule has 0 radical (unpaired) electrons. The molecule has 0 aromatic heterocycles. The average Bonchev–Trinajstić information content (AvgIpc) is 2.13. The molecule has 5 N–H and O–H groups in total. The standard InChI is InChI=1S/C8H17N5O2/c1-7(2,5(9)11-15)12-13-8(3,4)6(10)14/h15H,1-4H3,(H2,9,11)(H2,10,14). The van der Waals surface area contributed by atoms with E-state index >= 15 is 0 Å². The molecule has 0 bridgehead atoms. The van der Waals surface area contributed by atoms with Gasteiger partial charge < -0.3 is 16.7 Å². The highest BCUT2D eigenvalue weighted by Crippen LogP contribution is 2.15. The zero-order chi connectivity index (χ0) is 12.3. The highest BCUT2D eigenvalue weighted by Gasteiger charge is 2.28. The summed E-state index contributed by atoms with van der Waals surface area (Å²) in [6, 6.07) is 0. The first kappa shape index (κ1) is 13.3. The van der Waals surface area contributed by atoms with Crippen LogP contribution in [0, 0.1) is 0 Å². The summed E-state index contributed by atoms with van der Waals surface area (Å²) in [4.78, 5) is 10.9. The van der Waals surface area contributed by atoms with Crippen LogP contribution in [0.5, 0.6) is 0 Å². The second-order valence-electron chi connectivity index (χ2n) is 4.17. The van der Waals surface area contributed by atoms with Gasteiger partial charge in [0.15, 0.2) is 11.4 Å². The Balaban J connectivity index is 4.88. The van der Waals surface area contributed by atoms with Crippen molar-refractivity contribution in [2.45, 2.75) is 38.8 Å². The van der Waals surface area contributed by atoms with Gasteiger partial charge >= 0.3 is 0 Å². The van der Waals surface area contributed by atoms with Gasteiger partial charge in [0.05, 0.1) is 0 Å². The number of azo groups is 1. The van der Waals surface area contributed by atoms with Crippen LogP contribution < -0.4 is 11.5 Å². The third kappa shape index (κ3) is 3.53. The number of oxime groups is 1. The van der Waals surface area contributed by atoms with Crippen LogP contribution in [-0.2, 0) is 4.79 Å². The van der Waals surface area contributed by atoms with Gasteiger partial charge in [-0.3, -0.25) is 4.79 Å². The number of hydrogen-bond donors (Lipinski definition) is 3. The molecule has 0 aliphatic heterocycles. The van der Waals surface area contributed by atoms with Gasteiger partial charge in [0.2, 0.25) is 5.91 Å². The molecule has 0 spiro atoms. The summed E-state index contributed by atoms with van der Waals surface area (Å²) in [6.45, 7) is 6.26. The fraction of sp³-hybridized carbons (Fsp3) is 0.750. The predicted molar refractivity (Wildman–Crippen MR) is 55.6 cm³/mol. The van der Waals surface area contributed by atoms with Crippen molar-refractivity contribution in [3.05, 3.63) is 0 Å². The van der Waals surface area contributed by atoms with Gasteiger partial charge in [-0.1, -0.05) is 5.16 Å². The normalized spacial score (nSPS) is 14.5. The van der Waals surface area contributed by atoms with Crippen LogP contribution in [0.3, 0.4) is 0 Å². The third-order valence-corrected chi connectivity index (χ3v) is 1.89. The molecule has 0 aliphatic carbocycles. The molecule has 7 nitrogen and oxygen atoms in total. The number of carbonyl (C=O) groups is 1. The highest BCUT2D eigenvalue weighted by molar-refractivity contribution is 5.89. The molecule has 0 atom stereocenters. The van der Waals surface area contributed by atoms with Crippen molar-refractivity contribution in [3.8, 4) is 0 Å². The van der Waals surface area contributed by atoms with Gasteiger partial charge in [0, 0.05) is 0 Å². The molecule has 0 saturated carbocycles. The average molecular weight is 215 g/mol. The molecular formula is C8H17N5O2. The van der Waals surface area contributed by atoms with Crippen molar-refractivity contribution in [2.24, 2.45) is 26.9 Å². The van der Waals surface area contributed by atoms with Gasteiger partial charge in [0.1, 0.15) is 5.54 Å². The van der Waals surface area contributed by atoms with E-state index in [4.69, 9.17) is 16.7 Å². The quantitative estimate of drug-likeness (QED) is 0.204. The first-order valence-corrected chi connectivity index (χ1v) is 4.35. The van der Waals surface area contributed by atoms with Crippen molar-refractivity contribution < 1.29 is 10.0 Å². The summed E-state index contributed by atoms with van der Waals surface area (Å²) in [7, 11) is 0. The van der Waals surface area contributed by atoms with Crippen molar-refractivity contribution in [3.63, 3.8) is 0 Å². The SMILES string of the molecule is CC(C)(N=NC(C)(C)C(N)=NO)C(N)=O. The number of rotatable bonds is 4. The first-order valence-electron chi connectivity index (χ1n) is 4.35. The van der Waals surface area contributed by atoms with Gasteiger partial charge in [-0.25, -0.2) is 0 Å². The Bertz CT molecular complexity index is 306. The zero-order valence-electron chi connectivity index (χ0n) is 9.35. The molecular weight excluding hydrogens is 198 g/mol. The molecule has 0 saturated heterocycles. The molecule has 0 heterocycles. The molecule has 0 aromatic rings. The second kappa shape index (κ2) is 4.24. The number of carbonyl (C=O) groups excluding carboxylic acids is 1. The largest absolute Gasteiger partial charge is 0.409 e. The molecule has 7 heteroatoms. The second-order valence-corrected chi connectivity index (χ2v) is 4.17. The van der Waals surface area contributed by atoms with Gasteiger partial charge in [-0.05, 0) is 27.7 Å². The van der Waals surface area contributed by atoms with E-state index in [0.29, 0.717) is 0 Å². The molecule has 0 rings (SSSR count). The van der Waals surface area contributed by atoms with Crippen LogP contribution in [0.15, 0.2) is 15.4 Å². The van der Waals surface area contributed by atoms with E-state index in [2.05, 4.69) is 15.4 Å². The minimum atomic E-state index is -1.10. The smallest absolute Gasteiger partial charge is 0.246 e. The van der Waals surface area contributed by atoms with Crippen LogP contribution in [0.2, 0.25) is 0 Å². The summed E-state index contributed by atoms with van der Waals surface area (Å²) in [5.74, 6) is -0.687. The summed E-state index contributed by atoms with van der Waals surface area (Å²) >= 11 is 0. The molecule has 0 unspecified atom stereocenters. The summed E-state index contributed by atoms with van der Waals surface area (Å²) < 4.78 is 0. The number of nitrogens with zero attached hydrogens (tertiary/aromatic N) is 3. The van der Waals surface area contributed by atoms with E-state index < -0.39 is 17.0 Å². The highest BCUT2D eigenvalue weighted by atomic mass is 16.4. The summed E-state index contributed by atoms with van der Waals surface area (Å²) in [6.07, 6.45) is 0. The van der Waals surface area contributed by atoms with Crippen molar-refractivity contribution in [1.82, 2.24) is 0 Å². The number of primary amides is 1. The van der Waals surface area contributed by atoms with Gasteiger partial charge in [-0.2, -0.15) is 10.2 Å². The Kier molecular flexibility index (Phi) is 3.77. The Labute approximate surface area is 88.2 Å². The fourth-order valence-corrected chi connectivity index (χ4v) is 0.473. The lowest BCUT2D eigenvalue weighted by atomic mass is 10.1. The maximum Gasteiger partial charge on any atom is 0.246 e. The van der Waals surface area contributed by atoms with Crippen molar-refractivity contribution in [2.75, 3.05) is 0 Å². The molecule has 0 aliphatic rings. The number of nitrogens with two attached hydrogens (primary N) is 2. The van der Waals surface area contributed by atoms with Crippen LogP contribution >= 0.6 is 0 Å². The van der Waals surface area contributed by atoms with E-state index in [9.17, 15) is 4.79 Å². The monoisotopic (exact) mass is 215 g/mol. The van der Waals surface area contributed by atoms with E-state index in [1.54, 1.807) is 13.8 Å². The molecule has 1 amide bonds. The van der Waals surface area contributed by atoms with E-state index in [1.807, 2.05) is 0 Å². The molecule has 0 fully saturated rings. The lowest BCUT2D eigenvalue weighted by Crippen LogP contribution is -2.39. The zero-order valence-corrected chi connectivity index (χ0v) is 9.35. The number of amidine groups is 1. The lowest BCUT2D eigenvalue weighted by molar-refractivity contribution is -0.122.